The van der Waals surface area contributed by atoms with Gasteiger partial charge in [0.2, 0.25) is 0 Å². The number of allylic oxidation sites excluding steroid dienone is 3. The molecule has 0 aromatic heterocycles. The summed E-state index contributed by atoms with van der Waals surface area (Å²) in [6, 6.07) is 25.8. The van der Waals surface area contributed by atoms with Crippen molar-refractivity contribution in [2.24, 2.45) is 0 Å². The van der Waals surface area contributed by atoms with E-state index in [1.807, 2.05) is 0 Å². The number of methoxy groups -OCH3 is 2. The monoisotopic (exact) mass is 728 g/mol. The van der Waals surface area contributed by atoms with Gasteiger partial charge >= 0.3 is 0 Å². The number of alkyl halides is 1. The van der Waals surface area contributed by atoms with Gasteiger partial charge in [0.15, 0.2) is 13.6 Å². The molecule has 0 N–H and O–H groups in total. The molecule has 238 valence electrons. The van der Waals surface area contributed by atoms with E-state index >= 15 is 0 Å². The maximum atomic E-state index is 7.11. The fourth-order valence-electron chi connectivity index (χ4n) is 5.42. The van der Waals surface area contributed by atoms with E-state index in [2.05, 4.69) is 142 Å². The molecule has 3 aromatic rings. The first-order valence-corrected chi connectivity index (χ1v) is 18.6. The lowest BCUT2D eigenvalue weighted by molar-refractivity contribution is 0.0448. The Morgan fingerprint density at radius 3 is 1.75 bits per heavy atom. The first kappa shape index (κ1) is 36.0. The molecule has 0 aliphatic rings. The number of hydrogen-bond donors (Lipinski definition) is 0. The van der Waals surface area contributed by atoms with Gasteiger partial charge in [0, 0.05) is 24.2 Å². The van der Waals surface area contributed by atoms with Crippen molar-refractivity contribution in [3.8, 4) is 11.5 Å². The van der Waals surface area contributed by atoms with E-state index in [9.17, 15) is 0 Å². The maximum absolute atomic E-state index is 7.11. The van der Waals surface area contributed by atoms with E-state index in [0.29, 0.717) is 13.0 Å². The Hall–Kier alpha value is -2.43. The molecule has 0 fully saturated rings. The second kappa shape index (κ2) is 17.9. The fourth-order valence-corrected chi connectivity index (χ4v) is 10.5. The lowest BCUT2D eigenvalue weighted by Gasteiger charge is -2.43. The molecule has 0 atom stereocenters. The minimum Gasteiger partial charge on any atom is -0.467 e. The van der Waals surface area contributed by atoms with Gasteiger partial charge in [0.25, 0.3) is 8.32 Å². The van der Waals surface area contributed by atoms with Gasteiger partial charge in [-0.05, 0) is 66.2 Å². The molecule has 0 bridgehead atoms. The highest BCUT2D eigenvalue weighted by atomic mass is 127. The molecule has 44 heavy (non-hydrogen) atoms. The molecular weight excluding hydrogens is 679 g/mol. The molecule has 7 heteroatoms. The second-order valence-electron chi connectivity index (χ2n) is 12.1. The van der Waals surface area contributed by atoms with Crippen molar-refractivity contribution in [2.45, 2.75) is 63.3 Å². The Morgan fingerprint density at radius 1 is 0.773 bits per heavy atom. The third-order valence-corrected chi connectivity index (χ3v) is 13.5. The largest absolute Gasteiger partial charge is 0.467 e. The van der Waals surface area contributed by atoms with Gasteiger partial charge in [-0.1, -0.05) is 127 Å². The summed E-state index contributed by atoms with van der Waals surface area (Å²) in [5.41, 5.74) is 4.70. The highest BCUT2D eigenvalue weighted by Crippen LogP contribution is 2.37. The zero-order valence-corrected chi connectivity index (χ0v) is 30.6. The van der Waals surface area contributed by atoms with Crippen molar-refractivity contribution in [3.05, 3.63) is 107 Å². The first-order valence-electron chi connectivity index (χ1n) is 15.2. The minimum absolute atomic E-state index is 0.0398. The quantitative estimate of drug-likeness (QED) is 0.0460. The molecule has 3 rings (SSSR count). The third kappa shape index (κ3) is 9.78. The normalized spacial score (nSPS) is 12.8. The predicted molar refractivity (Wildman–Crippen MR) is 193 cm³/mol. The van der Waals surface area contributed by atoms with Crippen molar-refractivity contribution in [3.63, 3.8) is 0 Å². The van der Waals surface area contributed by atoms with Crippen LogP contribution in [0.15, 0.2) is 96.1 Å². The van der Waals surface area contributed by atoms with Crippen LogP contribution in [0.3, 0.4) is 0 Å². The van der Waals surface area contributed by atoms with Gasteiger partial charge in [0.1, 0.15) is 11.5 Å². The molecule has 0 aliphatic heterocycles. The van der Waals surface area contributed by atoms with Crippen LogP contribution in [0.5, 0.6) is 11.5 Å². The van der Waals surface area contributed by atoms with Crippen LogP contribution >= 0.6 is 22.6 Å². The van der Waals surface area contributed by atoms with Crippen LogP contribution in [-0.2, 0) is 24.7 Å². The van der Waals surface area contributed by atoms with E-state index < -0.39 is 8.32 Å². The van der Waals surface area contributed by atoms with Crippen LogP contribution in [0.1, 0.15) is 58.6 Å². The van der Waals surface area contributed by atoms with Gasteiger partial charge < -0.3 is 23.4 Å². The SMILES string of the molecule is COCOc1cc(CI)cc(OCOC)c1CC=C(C)CCC=C(C)CO[Si](c1ccccc1)(c1ccccc1)C(C)(C)C. The highest BCUT2D eigenvalue weighted by Gasteiger charge is 2.50. The number of ether oxygens (including phenoxy) is 4. The number of halogens is 1. The summed E-state index contributed by atoms with van der Waals surface area (Å²) in [6.45, 7) is 12.3. The minimum atomic E-state index is -2.55. The molecule has 3 aromatic carbocycles. The van der Waals surface area contributed by atoms with Crippen LogP contribution in [0.25, 0.3) is 0 Å². The van der Waals surface area contributed by atoms with Crippen LogP contribution < -0.4 is 19.8 Å². The molecule has 0 spiro atoms. The molecule has 0 saturated heterocycles. The Balaban J connectivity index is 1.74. The summed E-state index contributed by atoms with van der Waals surface area (Å²) in [5, 5.41) is 2.57. The molecular formula is C37H49IO5Si. The summed E-state index contributed by atoms with van der Waals surface area (Å²) in [4.78, 5) is 0. The summed E-state index contributed by atoms with van der Waals surface area (Å²) in [5.74, 6) is 1.57. The van der Waals surface area contributed by atoms with Gasteiger partial charge in [0.05, 0.1) is 6.61 Å². The van der Waals surface area contributed by atoms with Crippen LogP contribution in [0, 0.1) is 0 Å². The van der Waals surface area contributed by atoms with Gasteiger partial charge in [-0.3, -0.25) is 0 Å². The van der Waals surface area contributed by atoms with Crippen LogP contribution in [0.2, 0.25) is 5.04 Å². The lowest BCUT2D eigenvalue weighted by atomic mass is 10.0. The molecule has 0 saturated carbocycles. The second-order valence-corrected chi connectivity index (χ2v) is 17.2. The van der Waals surface area contributed by atoms with Gasteiger partial charge in [-0.2, -0.15) is 0 Å². The third-order valence-electron chi connectivity index (χ3n) is 7.67. The molecule has 5 nitrogen and oxygen atoms in total. The molecule has 0 radical (unpaired) electrons. The van der Waals surface area contributed by atoms with E-state index in [0.717, 1.165) is 39.9 Å². The Labute approximate surface area is 279 Å². The Bertz CT molecular complexity index is 1280. The predicted octanol–water partition coefficient (Wildman–Crippen LogP) is 8.38. The summed E-state index contributed by atoms with van der Waals surface area (Å²) in [6.07, 6.45) is 7.20. The number of benzene rings is 3. The summed E-state index contributed by atoms with van der Waals surface area (Å²) < 4.78 is 30.2. The van der Waals surface area contributed by atoms with E-state index in [4.69, 9.17) is 23.4 Å². The van der Waals surface area contributed by atoms with Crippen molar-refractivity contribution in [2.75, 3.05) is 34.4 Å². The summed E-state index contributed by atoms with van der Waals surface area (Å²) >= 11 is 2.35. The van der Waals surface area contributed by atoms with E-state index in [1.54, 1.807) is 14.2 Å². The average molecular weight is 729 g/mol. The average Bonchev–Trinajstić information content (AvgIpc) is 3.02. The lowest BCUT2D eigenvalue weighted by Crippen LogP contribution is -2.66. The van der Waals surface area contributed by atoms with Crippen molar-refractivity contribution < 1.29 is 23.4 Å². The Morgan fingerprint density at radius 2 is 1.30 bits per heavy atom. The number of rotatable bonds is 17. The standard InChI is InChI=1S/C37H49IO5Si/c1-29(21-22-34-35(41-27-39-6)23-31(25-38)24-36(34)42-28-40-7)15-14-16-30(2)26-43-44(37(3,4)5,32-17-10-8-11-18-32)33-19-12-9-13-20-33/h8-13,16-21,23-24H,14-15,22,25-28H2,1-7H3. The smallest absolute Gasteiger partial charge is 0.261 e. The Kier molecular flexibility index (Phi) is 14.7. The summed E-state index contributed by atoms with van der Waals surface area (Å²) in [7, 11) is 0.702. The zero-order chi connectivity index (χ0) is 32.0. The molecule has 0 amide bonds. The van der Waals surface area contributed by atoms with E-state index in [1.165, 1.54) is 21.5 Å². The zero-order valence-electron chi connectivity index (χ0n) is 27.5. The van der Waals surface area contributed by atoms with E-state index in [-0.39, 0.29) is 18.6 Å². The fraction of sp³-hybridized carbons (Fsp3) is 0.405. The van der Waals surface area contributed by atoms with Crippen molar-refractivity contribution in [1.29, 1.82) is 0 Å². The highest BCUT2D eigenvalue weighted by molar-refractivity contribution is 14.1. The van der Waals surface area contributed by atoms with Gasteiger partial charge in [-0.15, -0.1) is 0 Å². The molecule has 0 aliphatic carbocycles. The maximum Gasteiger partial charge on any atom is 0.261 e. The van der Waals surface area contributed by atoms with Crippen molar-refractivity contribution in [1.82, 2.24) is 0 Å². The van der Waals surface area contributed by atoms with Gasteiger partial charge in [-0.25, -0.2) is 0 Å². The van der Waals surface area contributed by atoms with Crippen LogP contribution in [-0.4, -0.2) is 42.7 Å². The molecule has 0 heterocycles. The van der Waals surface area contributed by atoms with Crippen LogP contribution in [0.4, 0.5) is 0 Å². The topological polar surface area (TPSA) is 46.2 Å². The molecule has 0 unspecified atom stereocenters. The van der Waals surface area contributed by atoms with Crippen molar-refractivity contribution >= 4 is 41.3 Å². The first-order chi connectivity index (χ1) is 21.2. The number of hydrogen-bond acceptors (Lipinski definition) is 5.